The Labute approximate surface area is 130 Å². The SMILES string of the molecule is COC(=O)c1ccc(C=CC(=O)NC2CCC(O)CC2)cc1. The first-order chi connectivity index (χ1) is 10.6. The summed E-state index contributed by atoms with van der Waals surface area (Å²) in [4.78, 5) is 23.2. The predicted molar refractivity (Wildman–Crippen MR) is 83.2 cm³/mol. The molecular weight excluding hydrogens is 282 g/mol. The summed E-state index contributed by atoms with van der Waals surface area (Å²) in [6.07, 6.45) is 6.07. The van der Waals surface area contributed by atoms with Crippen LogP contribution in [-0.4, -0.2) is 36.2 Å². The maximum atomic E-state index is 11.9. The van der Waals surface area contributed by atoms with Crippen molar-refractivity contribution in [2.45, 2.75) is 37.8 Å². The van der Waals surface area contributed by atoms with Gasteiger partial charge in [-0.25, -0.2) is 4.79 Å². The maximum absolute atomic E-state index is 11.9. The highest BCUT2D eigenvalue weighted by Gasteiger charge is 2.19. The quantitative estimate of drug-likeness (QED) is 0.658. The molecule has 0 radical (unpaired) electrons. The van der Waals surface area contributed by atoms with Gasteiger partial charge in [-0.05, 0) is 49.5 Å². The molecule has 0 bridgehead atoms. The molecule has 0 spiro atoms. The van der Waals surface area contributed by atoms with Crippen LogP contribution in [0.4, 0.5) is 0 Å². The number of aliphatic hydroxyl groups is 1. The van der Waals surface area contributed by atoms with Gasteiger partial charge in [0.25, 0.3) is 0 Å². The summed E-state index contributed by atoms with van der Waals surface area (Å²) in [7, 11) is 1.34. The minimum absolute atomic E-state index is 0.140. The monoisotopic (exact) mass is 303 g/mol. The van der Waals surface area contributed by atoms with E-state index in [0.29, 0.717) is 5.56 Å². The third-order valence-corrected chi connectivity index (χ3v) is 3.80. The first-order valence-corrected chi connectivity index (χ1v) is 7.43. The van der Waals surface area contributed by atoms with Crippen molar-refractivity contribution in [2.24, 2.45) is 0 Å². The number of rotatable bonds is 4. The Morgan fingerprint density at radius 3 is 2.41 bits per heavy atom. The molecule has 0 heterocycles. The van der Waals surface area contributed by atoms with E-state index in [2.05, 4.69) is 10.1 Å². The van der Waals surface area contributed by atoms with Crippen LogP contribution < -0.4 is 5.32 Å². The summed E-state index contributed by atoms with van der Waals surface area (Å²) in [5.74, 6) is -0.522. The molecule has 118 valence electrons. The van der Waals surface area contributed by atoms with E-state index < -0.39 is 0 Å². The molecular formula is C17H21NO4. The molecule has 1 amide bonds. The number of esters is 1. The highest BCUT2D eigenvalue weighted by molar-refractivity contribution is 5.92. The predicted octanol–water partition coefficient (Wildman–Crippen LogP) is 1.91. The number of carbonyl (C=O) groups excluding carboxylic acids is 2. The van der Waals surface area contributed by atoms with E-state index in [0.717, 1.165) is 31.2 Å². The van der Waals surface area contributed by atoms with Gasteiger partial charge < -0.3 is 15.2 Å². The standard InChI is InChI=1S/C17H21NO4/c1-22-17(21)13-5-2-12(3-6-13)4-11-16(20)18-14-7-9-15(19)10-8-14/h2-6,11,14-15,19H,7-10H2,1H3,(H,18,20). The van der Waals surface area contributed by atoms with Gasteiger partial charge in [0, 0.05) is 12.1 Å². The number of hydrogen-bond donors (Lipinski definition) is 2. The van der Waals surface area contributed by atoms with Gasteiger partial charge in [0.15, 0.2) is 0 Å². The van der Waals surface area contributed by atoms with Crippen molar-refractivity contribution in [2.75, 3.05) is 7.11 Å². The van der Waals surface area contributed by atoms with Crippen molar-refractivity contribution >= 4 is 18.0 Å². The minimum atomic E-state index is -0.382. The van der Waals surface area contributed by atoms with Gasteiger partial charge in [0.2, 0.25) is 5.91 Å². The summed E-state index contributed by atoms with van der Waals surface area (Å²) < 4.78 is 4.63. The van der Waals surface area contributed by atoms with Crippen molar-refractivity contribution in [1.82, 2.24) is 5.32 Å². The second kappa shape index (κ2) is 7.75. The fraction of sp³-hybridized carbons (Fsp3) is 0.412. The lowest BCUT2D eigenvalue weighted by Gasteiger charge is -2.25. The van der Waals surface area contributed by atoms with Gasteiger partial charge in [-0.15, -0.1) is 0 Å². The van der Waals surface area contributed by atoms with Crippen molar-refractivity contribution in [3.05, 3.63) is 41.5 Å². The van der Waals surface area contributed by atoms with Crippen molar-refractivity contribution in [3.63, 3.8) is 0 Å². The number of amides is 1. The number of benzene rings is 1. The minimum Gasteiger partial charge on any atom is -0.465 e. The van der Waals surface area contributed by atoms with E-state index >= 15 is 0 Å². The van der Waals surface area contributed by atoms with Gasteiger partial charge in [-0.3, -0.25) is 4.79 Å². The third-order valence-electron chi connectivity index (χ3n) is 3.80. The molecule has 0 saturated heterocycles. The second-order valence-corrected chi connectivity index (χ2v) is 5.46. The Hall–Kier alpha value is -2.14. The zero-order valence-electron chi connectivity index (χ0n) is 12.6. The Morgan fingerprint density at radius 1 is 1.18 bits per heavy atom. The van der Waals surface area contributed by atoms with Crippen LogP contribution in [0.25, 0.3) is 6.08 Å². The van der Waals surface area contributed by atoms with Crippen molar-refractivity contribution < 1.29 is 19.4 Å². The third kappa shape index (κ3) is 4.70. The van der Waals surface area contributed by atoms with E-state index in [-0.39, 0.29) is 24.0 Å². The molecule has 1 aliphatic carbocycles. The van der Waals surface area contributed by atoms with E-state index in [4.69, 9.17) is 0 Å². The molecule has 0 atom stereocenters. The lowest BCUT2D eigenvalue weighted by atomic mass is 9.93. The number of carbonyl (C=O) groups is 2. The van der Waals surface area contributed by atoms with Gasteiger partial charge in [0.05, 0.1) is 18.8 Å². The van der Waals surface area contributed by atoms with Crippen molar-refractivity contribution in [3.8, 4) is 0 Å². The first-order valence-electron chi connectivity index (χ1n) is 7.43. The molecule has 2 N–H and O–H groups in total. The lowest BCUT2D eigenvalue weighted by molar-refractivity contribution is -0.117. The molecule has 5 nitrogen and oxygen atoms in total. The summed E-state index contributed by atoms with van der Waals surface area (Å²) in [5.41, 5.74) is 1.31. The Balaban J connectivity index is 1.85. The zero-order chi connectivity index (χ0) is 15.9. The smallest absolute Gasteiger partial charge is 0.337 e. The highest BCUT2D eigenvalue weighted by Crippen LogP contribution is 2.18. The van der Waals surface area contributed by atoms with Crippen LogP contribution in [0, 0.1) is 0 Å². The average molecular weight is 303 g/mol. The zero-order valence-corrected chi connectivity index (χ0v) is 12.6. The van der Waals surface area contributed by atoms with Crippen LogP contribution in [0.2, 0.25) is 0 Å². The fourth-order valence-electron chi connectivity index (χ4n) is 2.49. The van der Waals surface area contributed by atoms with Crippen LogP contribution in [0.5, 0.6) is 0 Å². The molecule has 0 unspecified atom stereocenters. The van der Waals surface area contributed by atoms with E-state index in [1.165, 1.54) is 13.2 Å². The molecule has 0 aromatic heterocycles. The molecule has 1 saturated carbocycles. The maximum Gasteiger partial charge on any atom is 0.337 e. The fourth-order valence-corrected chi connectivity index (χ4v) is 2.49. The topological polar surface area (TPSA) is 75.6 Å². The number of ether oxygens (including phenoxy) is 1. The number of hydrogen-bond acceptors (Lipinski definition) is 4. The second-order valence-electron chi connectivity index (χ2n) is 5.46. The van der Waals surface area contributed by atoms with E-state index in [9.17, 15) is 14.7 Å². The van der Waals surface area contributed by atoms with Gasteiger partial charge in [-0.2, -0.15) is 0 Å². The van der Waals surface area contributed by atoms with Gasteiger partial charge >= 0.3 is 5.97 Å². The van der Waals surface area contributed by atoms with Crippen molar-refractivity contribution in [1.29, 1.82) is 0 Å². The molecule has 1 aromatic rings. The molecule has 1 aliphatic rings. The molecule has 1 fully saturated rings. The summed E-state index contributed by atoms with van der Waals surface area (Å²) in [6, 6.07) is 6.97. The van der Waals surface area contributed by atoms with Crippen LogP contribution in [0.3, 0.4) is 0 Å². The van der Waals surface area contributed by atoms with Crippen LogP contribution >= 0.6 is 0 Å². The Bertz CT molecular complexity index is 542. The van der Waals surface area contributed by atoms with Gasteiger partial charge in [-0.1, -0.05) is 12.1 Å². The first kappa shape index (κ1) is 16.2. The summed E-state index contributed by atoms with van der Waals surface area (Å²) in [5, 5.41) is 12.4. The summed E-state index contributed by atoms with van der Waals surface area (Å²) in [6.45, 7) is 0. The van der Waals surface area contributed by atoms with Crippen LogP contribution in [-0.2, 0) is 9.53 Å². The largest absolute Gasteiger partial charge is 0.465 e. The summed E-state index contributed by atoms with van der Waals surface area (Å²) >= 11 is 0. The van der Waals surface area contributed by atoms with E-state index in [1.807, 2.05) is 0 Å². The highest BCUT2D eigenvalue weighted by atomic mass is 16.5. The Morgan fingerprint density at radius 2 is 1.82 bits per heavy atom. The normalized spacial score (nSPS) is 21.5. The van der Waals surface area contributed by atoms with Crippen LogP contribution in [0.15, 0.2) is 30.3 Å². The van der Waals surface area contributed by atoms with Crippen LogP contribution in [0.1, 0.15) is 41.6 Å². The Kier molecular flexibility index (Phi) is 5.72. The molecule has 5 heteroatoms. The number of aliphatic hydroxyl groups excluding tert-OH is 1. The van der Waals surface area contributed by atoms with E-state index in [1.54, 1.807) is 30.3 Å². The number of methoxy groups -OCH3 is 1. The average Bonchev–Trinajstić information content (AvgIpc) is 2.55. The molecule has 2 rings (SSSR count). The number of nitrogens with one attached hydrogen (secondary N) is 1. The lowest BCUT2D eigenvalue weighted by Crippen LogP contribution is -2.37. The molecule has 0 aliphatic heterocycles. The molecule has 1 aromatic carbocycles. The molecule has 22 heavy (non-hydrogen) atoms. The van der Waals surface area contributed by atoms with Gasteiger partial charge in [0.1, 0.15) is 0 Å².